The molecule has 8 heteroatoms. The van der Waals surface area contributed by atoms with Crippen molar-refractivity contribution >= 4 is 28.2 Å². The number of esters is 1. The van der Waals surface area contributed by atoms with Crippen LogP contribution in [0.25, 0.3) is 0 Å². The summed E-state index contributed by atoms with van der Waals surface area (Å²) in [6.07, 6.45) is 0.748. The van der Waals surface area contributed by atoms with Crippen LogP contribution in [0.1, 0.15) is 53.1 Å². The maximum atomic E-state index is 12.3. The van der Waals surface area contributed by atoms with Gasteiger partial charge >= 0.3 is 5.97 Å². The lowest BCUT2D eigenvalue weighted by atomic mass is 9.89. The SMILES string of the molecule is CCOC(=O)Cc1cc(C)cc2c1Cc1c(ccc(C3CS(=O)C3)c1NN=C(C)c1ccc(O)cc1)O2. The second-order valence-corrected chi connectivity index (χ2v) is 11.0. The highest BCUT2D eigenvalue weighted by Gasteiger charge is 2.32. The Kier molecular flexibility index (Phi) is 7.02. The summed E-state index contributed by atoms with van der Waals surface area (Å²) in [6, 6.07) is 14.9. The number of benzene rings is 3. The van der Waals surface area contributed by atoms with Crippen molar-refractivity contribution in [3.8, 4) is 17.2 Å². The Labute approximate surface area is 219 Å². The van der Waals surface area contributed by atoms with E-state index in [1.807, 2.05) is 50.2 Å². The van der Waals surface area contributed by atoms with Crippen LogP contribution < -0.4 is 10.2 Å². The second kappa shape index (κ2) is 10.4. The molecule has 0 spiro atoms. The third-order valence-electron chi connectivity index (χ3n) is 6.80. The van der Waals surface area contributed by atoms with Gasteiger partial charge in [-0.3, -0.25) is 14.4 Å². The van der Waals surface area contributed by atoms with Gasteiger partial charge in [0.1, 0.15) is 17.2 Å². The molecule has 0 radical (unpaired) electrons. The van der Waals surface area contributed by atoms with Gasteiger partial charge in [0, 0.05) is 45.8 Å². The lowest BCUT2D eigenvalue weighted by Gasteiger charge is -2.31. The van der Waals surface area contributed by atoms with Crippen molar-refractivity contribution in [1.29, 1.82) is 0 Å². The molecule has 2 aliphatic heterocycles. The molecule has 0 aliphatic carbocycles. The summed E-state index contributed by atoms with van der Waals surface area (Å²) in [5, 5.41) is 14.3. The fraction of sp³-hybridized carbons (Fsp3) is 0.310. The van der Waals surface area contributed by atoms with Crippen molar-refractivity contribution in [2.45, 2.75) is 39.5 Å². The van der Waals surface area contributed by atoms with E-state index in [-0.39, 0.29) is 24.1 Å². The number of ether oxygens (including phenoxy) is 2. The zero-order valence-electron chi connectivity index (χ0n) is 21.2. The highest BCUT2D eigenvalue weighted by Crippen LogP contribution is 2.46. The van der Waals surface area contributed by atoms with Gasteiger partial charge in [-0.25, -0.2) is 0 Å². The van der Waals surface area contributed by atoms with E-state index in [1.165, 1.54) is 0 Å². The minimum Gasteiger partial charge on any atom is -0.508 e. The number of hydrazone groups is 1. The normalized spacial score (nSPS) is 18.2. The molecule has 7 nitrogen and oxygen atoms in total. The van der Waals surface area contributed by atoms with E-state index < -0.39 is 10.8 Å². The van der Waals surface area contributed by atoms with Crippen molar-refractivity contribution in [1.82, 2.24) is 0 Å². The lowest BCUT2D eigenvalue weighted by molar-refractivity contribution is -0.142. The van der Waals surface area contributed by atoms with Gasteiger partial charge in [0.2, 0.25) is 0 Å². The summed E-state index contributed by atoms with van der Waals surface area (Å²) in [4.78, 5) is 12.3. The third kappa shape index (κ3) is 5.25. The first kappa shape index (κ1) is 25.0. The zero-order valence-corrected chi connectivity index (χ0v) is 22.0. The number of carbonyl (C=O) groups is 1. The quantitative estimate of drug-likeness (QED) is 0.199. The molecule has 1 fully saturated rings. The number of hydrogen-bond acceptors (Lipinski definition) is 7. The molecule has 2 heterocycles. The molecule has 5 rings (SSSR count). The fourth-order valence-electron chi connectivity index (χ4n) is 4.84. The Bertz CT molecular complexity index is 1410. The van der Waals surface area contributed by atoms with Crippen molar-refractivity contribution in [3.63, 3.8) is 0 Å². The molecule has 1 saturated heterocycles. The molecule has 2 N–H and O–H groups in total. The average molecular weight is 519 g/mol. The molecular formula is C29H30N2O5S. The van der Waals surface area contributed by atoms with Gasteiger partial charge in [0.05, 0.1) is 24.4 Å². The Morgan fingerprint density at radius 1 is 1.14 bits per heavy atom. The summed E-state index contributed by atoms with van der Waals surface area (Å²) in [7, 11) is -0.799. The number of rotatable bonds is 7. The van der Waals surface area contributed by atoms with Gasteiger partial charge in [-0.1, -0.05) is 12.1 Å². The number of fused-ring (bicyclic) bond motifs is 2. The van der Waals surface area contributed by atoms with Gasteiger partial charge in [-0.05, 0) is 79.4 Å². The molecule has 0 atom stereocenters. The molecule has 2 aliphatic rings. The van der Waals surface area contributed by atoms with Gasteiger partial charge in [-0.15, -0.1) is 0 Å². The lowest BCUT2D eigenvalue weighted by Crippen LogP contribution is -2.29. The summed E-state index contributed by atoms with van der Waals surface area (Å²) in [6.45, 7) is 6.03. The van der Waals surface area contributed by atoms with Gasteiger partial charge < -0.3 is 14.6 Å². The Morgan fingerprint density at radius 2 is 1.89 bits per heavy atom. The summed E-state index contributed by atoms with van der Waals surface area (Å²) in [5.74, 6) is 2.85. The first-order valence-corrected chi connectivity index (χ1v) is 13.9. The van der Waals surface area contributed by atoms with Crippen LogP contribution in [0.2, 0.25) is 0 Å². The van der Waals surface area contributed by atoms with Crippen LogP contribution in [0, 0.1) is 6.92 Å². The topological polar surface area (TPSA) is 97.2 Å². The van der Waals surface area contributed by atoms with Crippen LogP contribution in [-0.4, -0.2) is 39.1 Å². The van der Waals surface area contributed by atoms with Crippen LogP contribution >= 0.6 is 0 Å². The van der Waals surface area contributed by atoms with Gasteiger partial charge in [0.25, 0.3) is 0 Å². The maximum Gasteiger partial charge on any atom is 0.310 e. The molecule has 0 saturated carbocycles. The Hall–Kier alpha value is -3.65. The van der Waals surface area contributed by atoms with Crippen molar-refractivity contribution in [2.75, 3.05) is 23.5 Å². The highest BCUT2D eigenvalue weighted by molar-refractivity contribution is 7.86. The smallest absolute Gasteiger partial charge is 0.310 e. The minimum atomic E-state index is -0.799. The first-order chi connectivity index (χ1) is 17.8. The van der Waals surface area contributed by atoms with Crippen molar-refractivity contribution < 1.29 is 23.6 Å². The van der Waals surface area contributed by atoms with Crippen LogP contribution in [0.3, 0.4) is 0 Å². The summed E-state index contributed by atoms with van der Waals surface area (Å²) in [5.41, 5.74) is 10.7. The Balaban J connectivity index is 1.54. The fourth-order valence-corrected chi connectivity index (χ4v) is 6.00. The molecule has 0 unspecified atom stereocenters. The summed E-state index contributed by atoms with van der Waals surface area (Å²) >= 11 is 0. The molecular weight excluding hydrogens is 488 g/mol. The van der Waals surface area contributed by atoms with E-state index in [0.717, 1.165) is 56.3 Å². The molecule has 37 heavy (non-hydrogen) atoms. The van der Waals surface area contributed by atoms with E-state index in [1.54, 1.807) is 19.1 Å². The van der Waals surface area contributed by atoms with E-state index in [4.69, 9.17) is 9.47 Å². The summed E-state index contributed by atoms with van der Waals surface area (Å²) < 4.78 is 23.5. The van der Waals surface area contributed by atoms with Crippen molar-refractivity contribution in [3.05, 3.63) is 81.9 Å². The predicted octanol–water partition coefficient (Wildman–Crippen LogP) is 5.18. The molecule has 0 amide bonds. The van der Waals surface area contributed by atoms with Crippen LogP contribution in [0.5, 0.6) is 17.2 Å². The Morgan fingerprint density at radius 3 is 2.59 bits per heavy atom. The predicted molar refractivity (Wildman–Crippen MR) is 145 cm³/mol. The number of aromatic hydroxyl groups is 1. The number of aryl methyl sites for hydroxylation is 1. The van der Waals surface area contributed by atoms with E-state index >= 15 is 0 Å². The van der Waals surface area contributed by atoms with Crippen LogP contribution in [-0.2, 0) is 33.2 Å². The molecule has 0 aromatic heterocycles. The molecule has 0 bridgehead atoms. The number of carbonyl (C=O) groups excluding carboxylic acids is 1. The van der Waals surface area contributed by atoms with Crippen LogP contribution in [0.4, 0.5) is 5.69 Å². The van der Waals surface area contributed by atoms with E-state index in [9.17, 15) is 14.1 Å². The third-order valence-corrected chi connectivity index (χ3v) is 8.34. The van der Waals surface area contributed by atoms with Crippen molar-refractivity contribution in [2.24, 2.45) is 5.10 Å². The van der Waals surface area contributed by atoms with Gasteiger partial charge in [0.15, 0.2) is 0 Å². The minimum absolute atomic E-state index is 0.177. The largest absolute Gasteiger partial charge is 0.508 e. The average Bonchev–Trinajstić information content (AvgIpc) is 2.84. The molecule has 3 aromatic rings. The molecule has 3 aromatic carbocycles. The second-order valence-electron chi connectivity index (χ2n) is 9.49. The maximum absolute atomic E-state index is 12.3. The van der Waals surface area contributed by atoms with Crippen LogP contribution in [0.15, 0.2) is 53.6 Å². The molecule has 192 valence electrons. The van der Waals surface area contributed by atoms with Gasteiger partial charge in [-0.2, -0.15) is 5.10 Å². The zero-order chi connectivity index (χ0) is 26.1. The number of phenolic OH excluding ortho intramolecular Hbond substituents is 1. The van der Waals surface area contributed by atoms with E-state index in [2.05, 4.69) is 10.5 Å². The number of anilines is 1. The standard InChI is InChI=1S/C29H30N2O5S/c1-4-35-28(33)13-20-11-17(2)12-27-24(20)14-25-26(36-27)10-9-23(21-15-37(34)16-21)29(25)31-30-18(3)19-5-7-22(32)8-6-19/h5-12,21,31-32H,4,13-16H2,1-3H3. The first-order valence-electron chi connectivity index (χ1n) is 12.4. The number of hydrogen-bond donors (Lipinski definition) is 2. The van der Waals surface area contributed by atoms with E-state index in [0.29, 0.717) is 24.5 Å². The number of phenols is 1. The number of nitrogens with zero attached hydrogens (tertiary/aromatic N) is 1. The number of nitrogens with one attached hydrogen (secondary N) is 1. The highest BCUT2D eigenvalue weighted by atomic mass is 32.2. The monoisotopic (exact) mass is 518 g/mol.